The van der Waals surface area contributed by atoms with Crippen LogP contribution in [0.25, 0.3) is 0 Å². The highest BCUT2D eigenvalue weighted by Gasteiger charge is 2.41. The van der Waals surface area contributed by atoms with Gasteiger partial charge in [-0.25, -0.2) is 0 Å². The van der Waals surface area contributed by atoms with Gasteiger partial charge in [0.05, 0.1) is 12.2 Å². The van der Waals surface area contributed by atoms with E-state index in [1.54, 1.807) is 6.92 Å². The average molecular weight is 303 g/mol. The molecule has 0 aromatic carbocycles. The van der Waals surface area contributed by atoms with Crippen molar-refractivity contribution in [3.63, 3.8) is 0 Å². The number of rotatable bonds is 4. The molecule has 2 saturated heterocycles. The predicted molar refractivity (Wildman–Crippen MR) is 83.2 cm³/mol. The van der Waals surface area contributed by atoms with Crippen molar-refractivity contribution in [2.45, 2.75) is 77.5 Å². The Kier molecular flexibility index (Phi) is 7.57. The maximum Gasteiger partial charge on any atom is 0.111 e. The summed E-state index contributed by atoms with van der Waals surface area (Å²) >= 11 is 0. The molecule has 2 fully saturated rings. The number of ether oxygens (including phenoxy) is 1. The molecular formula is C16H33NO4. The van der Waals surface area contributed by atoms with Gasteiger partial charge in [-0.2, -0.15) is 0 Å². The van der Waals surface area contributed by atoms with Crippen molar-refractivity contribution >= 4 is 0 Å². The van der Waals surface area contributed by atoms with Crippen LogP contribution in [0, 0.1) is 5.92 Å². The Bertz CT molecular complexity index is 294. The summed E-state index contributed by atoms with van der Waals surface area (Å²) in [5.74, 6) is 0.840. The van der Waals surface area contributed by atoms with Gasteiger partial charge < -0.3 is 25.0 Å². The minimum atomic E-state index is -1.10. The van der Waals surface area contributed by atoms with Gasteiger partial charge in [0, 0.05) is 0 Å². The first-order valence-electron chi connectivity index (χ1n) is 7.91. The van der Waals surface area contributed by atoms with Crippen LogP contribution in [0.4, 0.5) is 0 Å². The fraction of sp³-hybridized carbons (Fsp3) is 1.00. The third-order valence-electron chi connectivity index (χ3n) is 4.79. The summed E-state index contributed by atoms with van der Waals surface area (Å²) in [6.45, 7) is 7.38. The summed E-state index contributed by atoms with van der Waals surface area (Å²) in [6, 6.07) is 0. The Morgan fingerprint density at radius 3 is 2.24 bits per heavy atom. The van der Waals surface area contributed by atoms with Crippen LogP contribution in [0.5, 0.6) is 0 Å². The Morgan fingerprint density at radius 1 is 1.00 bits per heavy atom. The number of aliphatic hydroxyl groups excluding tert-OH is 3. The van der Waals surface area contributed by atoms with Gasteiger partial charge in [0.1, 0.15) is 18.3 Å². The lowest BCUT2D eigenvalue weighted by atomic mass is 9.93. The molecule has 5 atom stereocenters. The topological polar surface area (TPSA) is 73.2 Å². The molecule has 0 saturated carbocycles. The molecule has 0 aromatic rings. The molecule has 3 N–H and O–H groups in total. The van der Waals surface area contributed by atoms with E-state index in [-0.39, 0.29) is 13.5 Å². The largest absolute Gasteiger partial charge is 0.388 e. The molecule has 126 valence electrons. The molecule has 5 nitrogen and oxygen atoms in total. The Hall–Kier alpha value is -0.200. The van der Waals surface area contributed by atoms with E-state index in [1.807, 2.05) is 0 Å². The lowest BCUT2D eigenvalue weighted by Crippen LogP contribution is -2.56. The molecule has 2 rings (SSSR count). The molecule has 0 radical (unpaired) electrons. The van der Waals surface area contributed by atoms with E-state index in [2.05, 4.69) is 11.8 Å². The second-order valence-electron chi connectivity index (χ2n) is 6.52. The molecule has 0 amide bonds. The molecule has 0 aromatic heterocycles. The van der Waals surface area contributed by atoms with Gasteiger partial charge in [-0.05, 0) is 58.2 Å². The first kappa shape index (κ1) is 18.8. The Balaban J connectivity index is 0.00000220. The van der Waals surface area contributed by atoms with Gasteiger partial charge in [-0.15, -0.1) is 0 Å². The highest BCUT2D eigenvalue weighted by Crippen LogP contribution is 2.24. The first-order chi connectivity index (χ1) is 9.49. The smallest absolute Gasteiger partial charge is 0.111 e. The van der Waals surface area contributed by atoms with E-state index in [1.165, 1.54) is 12.8 Å². The fourth-order valence-corrected chi connectivity index (χ4v) is 3.18. The summed E-state index contributed by atoms with van der Waals surface area (Å²) in [6.07, 6.45) is 0.343. The standard InChI is InChI=1S/C15H29NO4.CH4/c1-10-5-8-16(9-6-10)7-3-4-12-14(18)15(19)13(17)11(2)20-12;/h10-15,17-19H,3-9H2,1-2H3;1H4/t11-,12-,13+,14+,15+;/m0./s1. The molecule has 5 heteroatoms. The van der Waals surface area contributed by atoms with Crippen LogP contribution in [0.15, 0.2) is 0 Å². The van der Waals surface area contributed by atoms with Gasteiger partial charge in [-0.1, -0.05) is 14.4 Å². The SMILES string of the molecule is C.CC1CCN(CCC[C@@H]2O[C@@H](C)[C@@H](O)[C@@H](O)[C@@H]2O)CC1. The lowest BCUT2D eigenvalue weighted by Gasteiger charge is -2.39. The van der Waals surface area contributed by atoms with Crippen LogP contribution in [0.1, 0.15) is 47.0 Å². The number of aliphatic hydroxyl groups is 3. The van der Waals surface area contributed by atoms with Gasteiger partial charge in [0.2, 0.25) is 0 Å². The third-order valence-corrected chi connectivity index (χ3v) is 4.79. The van der Waals surface area contributed by atoms with Crippen LogP contribution < -0.4 is 0 Å². The van der Waals surface area contributed by atoms with Gasteiger partial charge >= 0.3 is 0 Å². The van der Waals surface area contributed by atoms with Crippen molar-refractivity contribution in [2.75, 3.05) is 19.6 Å². The minimum Gasteiger partial charge on any atom is -0.388 e. The number of likely N-dealkylation sites (tertiary alicyclic amines) is 1. The van der Waals surface area contributed by atoms with E-state index in [0.717, 1.165) is 38.4 Å². The summed E-state index contributed by atoms with van der Waals surface area (Å²) in [5.41, 5.74) is 0. The highest BCUT2D eigenvalue weighted by atomic mass is 16.5. The second kappa shape index (κ2) is 8.44. The lowest BCUT2D eigenvalue weighted by molar-refractivity contribution is -0.218. The molecule has 0 bridgehead atoms. The number of piperidine rings is 1. The first-order valence-corrected chi connectivity index (χ1v) is 7.91. The summed E-state index contributed by atoms with van der Waals surface area (Å²) < 4.78 is 5.61. The van der Waals surface area contributed by atoms with E-state index in [0.29, 0.717) is 0 Å². The molecule has 0 aliphatic carbocycles. The zero-order valence-corrected chi connectivity index (χ0v) is 12.6. The third kappa shape index (κ3) is 4.89. The molecule has 0 unspecified atom stereocenters. The molecule has 2 heterocycles. The average Bonchev–Trinajstić information content (AvgIpc) is 2.44. The van der Waals surface area contributed by atoms with E-state index in [9.17, 15) is 15.3 Å². The number of nitrogens with zero attached hydrogens (tertiary/aromatic N) is 1. The van der Waals surface area contributed by atoms with E-state index < -0.39 is 24.4 Å². The zero-order valence-electron chi connectivity index (χ0n) is 12.6. The van der Waals surface area contributed by atoms with Crippen LogP contribution in [0.2, 0.25) is 0 Å². The Morgan fingerprint density at radius 2 is 1.62 bits per heavy atom. The molecule has 21 heavy (non-hydrogen) atoms. The Labute approximate surface area is 128 Å². The molecule has 2 aliphatic rings. The zero-order chi connectivity index (χ0) is 14.7. The van der Waals surface area contributed by atoms with Crippen LogP contribution in [-0.2, 0) is 4.74 Å². The van der Waals surface area contributed by atoms with Crippen LogP contribution in [-0.4, -0.2) is 70.4 Å². The highest BCUT2D eigenvalue weighted by molar-refractivity contribution is 4.90. The van der Waals surface area contributed by atoms with Crippen molar-refractivity contribution in [1.29, 1.82) is 0 Å². The van der Waals surface area contributed by atoms with Crippen LogP contribution >= 0.6 is 0 Å². The monoisotopic (exact) mass is 303 g/mol. The molecule has 0 spiro atoms. The summed E-state index contributed by atoms with van der Waals surface area (Å²) in [7, 11) is 0. The number of hydrogen-bond acceptors (Lipinski definition) is 5. The second-order valence-corrected chi connectivity index (χ2v) is 6.52. The maximum absolute atomic E-state index is 9.95. The van der Waals surface area contributed by atoms with Gasteiger partial charge in [0.25, 0.3) is 0 Å². The summed E-state index contributed by atoms with van der Waals surface area (Å²) in [5, 5.41) is 29.4. The van der Waals surface area contributed by atoms with Crippen molar-refractivity contribution in [3.8, 4) is 0 Å². The molecule has 2 aliphatic heterocycles. The van der Waals surface area contributed by atoms with E-state index >= 15 is 0 Å². The normalized spacial score (nSPS) is 39.0. The number of hydrogen-bond donors (Lipinski definition) is 3. The van der Waals surface area contributed by atoms with Crippen molar-refractivity contribution in [3.05, 3.63) is 0 Å². The van der Waals surface area contributed by atoms with Crippen molar-refractivity contribution < 1.29 is 20.1 Å². The van der Waals surface area contributed by atoms with E-state index in [4.69, 9.17) is 4.74 Å². The van der Waals surface area contributed by atoms with Crippen molar-refractivity contribution in [1.82, 2.24) is 4.90 Å². The predicted octanol–water partition coefficient (Wildman–Crippen LogP) is 1.00. The minimum absolute atomic E-state index is 0. The maximum atomic E-state index is 9.95. The molecular weight excluding hydrogens is 270 g/mol. The van der Waals surface area contributed by atoms with Gasteiger partial charge in [0.15, 0.2) is 0 Å². The quantitative estimate of drug-likeness (QED) is 0.723. The fourth-order valence-electron chi connectivity index (χ4n) is 3.18. The van der Waals surface area contributed by atoms with Gasteiger partial charge in [-0.3, -0.25) is 0 Å². The summed E-state index contributed by atoms with van der Waals surface area (Å²) in [4.78, 5) is 2.46. The van der Waals surface area contributed by atoms with Crippen LogP contribution in [0.3, 0.4) is 0 Å². The van der Waals surface area contributed by atoms with Crippen molar-refractivity contribution in [2.24, 2.45) is 5.92 Å².